The average molecular weight is 301 g/mol. The van der Waals surface area contributed by atoms with Crippen LogP contribution in [0.1, 0.15) is 11.1 Å². The fourth-order valence-corrected chi connectivity index (χ4v) is 2.84. The Kier molecular flexibility index (Phi) is 3.20. The maximum atomic E-state index is 12.6. The zero-order chi connectivity index (χ0) is 16.0. The van der Waals surface area contributed by atoms with Crippen LogP contribution in [-0.4, -0.2) is 36.6 Å². The third-order valence-electron chi connectivity index (χ3n) is 3.91. The van der Waals surface area contributed by atoms with Crippen LogP contribution in [-0.2, 0) is 19.1 Å². The molecular formula is C15H15N3O4. The summed E-state index contributed by atoms with van der Waals surface area (Å²) in [7, 11) is 1.23. The summed E-state index contributed by atoms with van der Waals surface area (Å²) < 4.78 is 4.65. The summed E-state index contributed by atoms with van der Waals surface area (Å²) in [5.74, 6) is -2.51. The Morgan fingerprint density at radius 3 is 2.68 bits per heavy atom. The maximum Gasteiger partial charge on any atom is 0.331 e. The van der Waals surface area contributed by atoms with Crippen LogP contribution in [0, 0.1) is 19.8 Å². The van der Waals surface area contributed by atoms with E-state index in [1.54, 1.807) is 6.07 Å². The van der Waals surface area contributed by atoms with Gasteiger partial charge in [-0.2, -0.15) is 5.10 Å². The summed E-state index contributed by atoms with van der Waals surface area (Å²) in [6.45, 7) is 3.76. The molecule has 1 saturated heterocycles. The second kappa shape index (κ2) is 4.94. The number of benzene rings is 1. The SMILES string of the molecule is COC(=O)[C@H]1NN=C2C(=O)N(c3ccc(C)cc3C)C(=O)[C@@H]21. The molecule has 7 heteroatoms. The number of anilines is 1. The van der Waals surface area contributed by atoms with Crippen molar-refractivity contribution in [3.05, 3.63) is 29.3 Å². The van der Waals surface area contributed by atoms with Crippen molar-refractivity contribution in [1.82, 2.24) is 5.43 Å². The molecule has 3 rings (SSSR count). The van der Waals surface area contributed by atoms with Crippen LogP contribution in [0.5, 0.6) is 0 Å². The van der Waals surface area contributed by atoms with Crippen molar-refractivity contribution >= 4 is 29.2 Å². The van der Waals surface area contributed by atoms with Crippen LogP contribution < -0.4 is 10.3 Å². The average Bonchev–Trinajstić information content (AvgIpc) is 3.01. The molecule has 7 nitrogen and oxygen atoms in total. The molecule has 2 atom stereocenters. The fraction of sp³-hybridized carbons (Fsp3) is 0.333. The molecule has 2 heterocycles. The predicted molar refractivity (Wildman–Crippen MR) is 78.3 cm³/mol. The lowest BCUT2D eigenvalue weighted by Gasteiger charge is -2.19. The van der Waals surface area contributed by atoms with Gasteiger partial charge in [0.2, 0.25) is 5.91 Å². The number of hydrogen-bond donors (Lipinski definition) is 1. The topological polar surface area (TPSA) is 88.1 Å². The molecule has 114 valence electrons. The monoisotopic (exact) mass is 301 g/mol. The van der Waals surface area contributed by atoms with Crippen molar-refractivity contribution in [3.8, 4) is 0 Å². The largest absolute Gasteiger partial charge is 0.467 e. The van der Waals surface area contributed by atoms with E-state index in [9.17, 15) is 14.4 Å². The van der Waals surface area contributed by atoms with Gasteiger partial charge in [0.15, 0.2) is 6.04 Å². The van der Waals surface area contributed by atoms with Gasteiger partial charge in [-0.3, -0.25) is 15.0 Å². The minimum Gasteiger partial charge on any atom is -0.467 e. The summed E-state index contributed by atoms with van der Waals surface area (Å²) in [5.41, 5.74) is 4.93. The number of hydrogen-bond acceptors (Lipinski definition) is 6. The van der Waals surface area contributed by atoms with E-state index in [1.807, 2.05) is 26.0 Å². The summed E-state index contributed by atoms with van der Waals surface area (Å²) in [6.07, 6.45) is 0. The second-order valence-electron chi connectivity index (χ2n) is 5.37. The normalized spacial score (nSPS) is 23.2. The molecule has 0 unspecified atom stereocenters. The van der Waals surface area contributed by atoms with E-state index < -0.39 is 29.7 Å². The molecule has 0 radical (unpaired) electrons. The molecule has 2 amide bonds. The smallest absolute Gasteiger partial charge is 0.331 e. The van der Waals surface area contributed by atoms with E-state index in [-0.39, 0.29) is 5.71 Å². The van der Waals surface area contributed by atoms with Crippen LogP contribution in [0.4, 0.5) is 5.69 Å². The van der Waals surface area contributed by atoms with E-state index in [0.29, 0.717) is 5.69 Å². The first-order chi connectivity index (χ1) is 10.5. The maximum absolute atomic E-state index is 12.6. The van der Waals surface area contributed by atoms with E-state index in [2.05, 4.69) is 15.3 Å². The molecule has 0 saturated carbocycles. The zero-order valence-electron chi connectivity index (χ0n) is 12.4. The third kappa shape index (κ3) is 1.89. The third-order valence-corrected chi connectivity index (χ3v) is 3.91. The lowest BCUT2D eigenvalue weighted by Crippen LogP contribution is -2.42. The van der Waals surface area contributed by atoms with E-state index in [4.69, 9.17) is 0 Å². The number of amides is 2. The number of rotatable bonds is 2. The molecule has 2 aliphatic rings. The molecule has 0 spiro atoms. The van der Waals surface area contributed by atoms with Crippen LogP contribution in [0.25, 0.3) is 0 Å². The second-order valence-corrected chi connectivity index (χ2v) is 5.37. The molecule has 0 aliphatic carbocycles. The van der Waals surface area contributed by atoms with Crippen LogP contribution in [0.2, 0.25) is 0 Å². The van der Waals surface area contributed by atoms with Crippen molar-refractivity contribution in [2.75, 3.05) is 12.0 Å². The Morgan fingerprint density at radius 2 is 2.05 bits per heavy atom. The highest BCUT2D eigenvalue weighted by Crippen LogP contribution is 2.32. The van der Waals surface area contributed by atoms with Crippen molar-refractivity contribution < 1.29 is 19.1 Å². The number of methoxy groups -OCH3 is 1. The number of ether oxygens (including phenoxy) is 1. The Labute approximate surface area is 126 Å². The van der Waals surface area contributed by atoms with Gasteiger partial charge in [-0.15, -0.1) is 0 Å². The quantitative estimate of drug-likeness (QED) is 0.627. The molecule has 1 aromatic rings. The summed E-state index contributed by atoms with van der Waals surface area (Å²) in [5, 5.41) is 3.86. The number of nitrogens with one attached hydrogen (secondary N) is 1. The Morgan fingerprint density at radius 1 is 1.32 bits per heavy atom. The Hall–Kier alpha value is -2.70. The minimum absolute atomic E-state index is 0.0559. The summed E-state index contributed by atoms with van der Waals surface area (Å²) >= 11 is 0. The van der Waals surface area contributed by atoms with Crippen molar-refractivity contribution in [3.63, 3.8) is 0 Å². The molecule has 1 fully saturated rings. The van der Waals surface area contributed by atoms with Crippen molar-refractivity contribution in [2.24, 2.45) is 11.0 Å². The number of fused-ring (bicyclic) bond motifs is 1. The highest BCUT2D eigenvalue weighted by molar-refractivity contribution is 6.58. The molecule has 2 aliphatic heterocycles. The standard InChI is InChI=1S/C15H15N3O4/c1-7-4-5-9(8(2)6-7)18-13(19)10-11(14(18)20)16-17-12(10)15(21)22-3/h4-6,10,12,17H,1-3H3/t10-,12-/m0/s1. The van der Waals surface area contributed by atoms with Gasteiger partial charge < -0.3 is 4.74 Å². The first-order valence-electron chi connectivity index (χ1n) is 6.82. The Bertz CT molecular complexity index is 725. The highest BCUT2D eigenvalue weighted by atomic mass is 16.5. The van der Waals surface area contributed by atoms with Gasteiger partial charge in [0.1, 0.15) is 11.6 Å². The lowest BCUT2D eigenvalue weighted by molar-refractivity contribution is -0.145. The summed E-state index contributed by atoms with van der Waals surface area (Å²) in [6, 6.07) is 4.49. The number of carbonyl (C=O) groups is 3. The van der Waals surface area contributed by atoms with Gasteiger partial charge in [0.05, 0.1) is 12.8 Å². The van der Waals surface area contributed by atoms with E-state index in [1.165, 1.54) is 7.11 Å². The summed E-state index contributed by atoms with van der Waals surface area (Å²) in [4.78, 5) is 37.9. The number of carbonyl (C=O) groups excluding carboxylic acids is 3. The number of nitrogens with zero attached hydrogens (tertiary/aromatic N) is 2. The Balaban J connectivity index is 2.01. The molecule has 0 aromatic heterocycles. The zero-order valence-corrected chi connectivity index (χ0v) is 12.4. The molecule has 0 bridgehead atoms. The molecule has 1 N–H and O–H groups in total. The van der Waals surface area contributed by atoms with Gasteiger partial charge in [-0.25, -0.2) is 9.69 Å². The van der Waals surface area contributed by atoms with Crippen LogP contribution >= 0.6 is 0 Å². The van der Waals surface area contributed by atoms with Gasteiger partial charge in [0.25, 0.3) is 5.91 Å². The van der Waals surface area contributed by atoms with Gasteiger partial charge >= 0.3 is 5.97 Å². The molecule has 22 heavy (non-hydrogen) atoms. The lowest BCUT2D eigenvalue weighted by atomic mass is 9.98. The highest BCUT2D eigenvalue weighted by Gasteiger charge is 2.55. The first kappa shape index (κ1) is 14.2. The van der Waals surface area contributed by atoms with Crippen molar-refractivity contribution in [1.29, 1.82) is 0 Å². The number of esters is 1. The van der Waals surface area contributed by atoms with Crippen molar-refractivity contribution in [2.45, 2.75) is 19.9 Å². The molecule has 1 aromatic carbocycles. The number of imide groups is 1. The minimum atomic E-state index is -0.952. The first-order valence-corrected chi connectivity index (χ1v) is 6.82. The molecular weight excluding hydrogens is 286 g/mol. The fourth-order valence-electron chi connectivity index (χ4n) is 2.84. The van der Waals surface area contributed by atoms with Gasteiger partial charge in [-0.1, -0.05) is 17.7 Å². The van der Waals surface area contributed by atoms with E-state index in [0.717, 1.165) is 16.0 Å². The predicted octanol–water partition coefficient (Wildman–Crippen LogP) is 0.294. The van der Waals surface area contributed by atoms with Crippen LogP contribution in [0.15, 0.2) is 23.3 Å². The van der Waals surface area contributed by atoms with Gasteiger partial charge in [-0.05, 0) is 25.5 Å². The number of hydrazone groups is 1. The van der Waals surface area contributed by atoms with Crippen LogP contribution in [0.3, 0.4) is 0 Å². The van der Waals surface area contributed by atoms with E-state index >= 15 is 0 Å². The number of aryl methyl sites for hydroxylation is 2. The van der Waals surface area contributed by atoms with Gasteiger partial charge in [0, 0.05) is 0 Å².